The van der Waals surface area contributed by atoms with Crippen LogP contribution in [0.3, 0.4) is 0 Å². The fraction of sp³-hybridized carbons (Fsp3) is 0.122. The van der Waals surface area contributed by atoms with Crippen LogP contribution in [0.4, 0.5) is 17.1 Å². The normalized spacial score (nSPS) is 16.6. The van der Waals surface area contributed by atoms with Crippen LogP contribution in [-0.4, -0.2) is 0 Å². The van der Waals surface area contributed by atoms with Gasteiger partial charge >= 0.3 is 0 Å². The van der Waals surface area contributed by atoms with E-state index in [0.717, 1.165) is 27.8 Å². The lowest BCUT2D eigenvalue weighted by Gasteiger charge is -2.37. The smallest absolute Gasteiger partial charge is 0.0619 e. The summed E-state index contributed by atoms with van der Waals surface area (Å²) in [5.74, 6) is 0. The molecule has 1 aliphatic rings. The van der Waals surface area contributed by atoms with Gasteiger partial charge < -0.3 is 4.90 Å². The van der Waals surface area contributed by atoms with Gasteiger partial charge in [-0.3, -0.25) is 0 Å². The molecule has 0 saturated carbocycles. The maximum Gasteiger partial charge on any atom is 0.0619 e. The quantitative estimate of drug-likeness (QED) is 0.158. The summed E-state index contributed by atoms with van der Waals surface area (Å²) in [6.45, 7) is 0.158. The molecule has 0 heterocycles. The molecule has 0 unspecified atom stereocenters. The minimum Gasteiger partial charge on any atom is -0.309 e. The molecule has 0 fully saturated rings. The molecule has 0 atom stereocenters. The predicted molar refractivity (Wildman–Crippen MR) is 181 cm³/mol. The second kappa shape index (κ2) is 8.11. The standard InChI is InChI=1S/C41H31N/c1-24-14-19-27(20-15-24)42(28-21-16-25(2)17-22-28)40-31-11-6-10-30-29-9-5-8-26-18-23-34-38(35(26)29)39(36(30)31)37-32(40)12-7-13-33(37)41(34,3)4/h5-23H,1-4H3/i1D3,2D3. The summed E-state index contributed by atoms with van der Waals surface area (Å²) >= 11 is 0. The lowest BCUT2D eigenvalue weighted by molar-refractivity contribution is 0.652. The number of hydrogen-bond donors (Lipinski definition) is 0. The molecule has 9 rings (SSSR count). The van der Waals surface area contributed by atoms with E-state index < -0.39 is 13.7 Å². The van der Waals surface area contributed by atoms with E-state index in [-0.39, 0.29) is 16.5 Å². The number of anilines is 3. The van der Waals surface area contributed by atoms with Gasteiger partial charge in [-0.15, -0.1) is 0 Å². The largest absolute Gasteiger partial charge is 0.309 e. The highest BCUT2D eigenvalue weighted by Gasteiger charge is 2.35. The van der Waals surface area contributed by atoms with E-state index in [9.17, 15) is 0 Å². The molecule has 0 aliphatic heterocycles. The monoisotopic (exact) mass is 543 g/mol. The van der Waals surface area contributed by atoms with Gasteiger partial charge in [-0.05, 0) is 86.8 Å². The van der Waals surface area contributed by atoms with Gasteiger partial charge in [0.1, 0.15) is 0 Å². The zero-order valence-corrected chi connectivity index (χ0v) is 23.4. The fourth-order valence-electron chi connectivity index (χ4n) is 7.70. The first-order chi connectivity index (χ1) is 22.9. The van der Waals surface area contributed by atoms with Gasteiger partial charge in [-0.25, -0.2) is 0 Å². The van der Waals surface area contributed by atoms with Crippen LogP contribution >= 0.6 is 0 Å². The number of rotatable bonds is 3. The van der Waals surface area contributed by atoms with Crippen molar-refractivity contribution in [1.82, 2.24) is 0 Å². The minimum absolute atomic E-state index is 0.265. The Balaban J connectivity index is 1.48. The van der Waals surface area contributed by atoms with Crippen LogP contribution in [0.25, 0.3) is 53.9 Å². The summed E-state index contributed by atoms with van der Waals surface area (Å²) in [6.07, 6.45) is 0. The molecule has 0 bridgehead atoms. The lowest BCUT2D eigenvalue weighted by atomic mass is 9.68. The molecule has 200 valence electrons. The maximum atomic E-state index is 7.99. The molecule has 0 aromatic heterocycles. The molecule has 0 amide bonds. The third-order valence-corrected chi connectivity index (χ3v) is 9.55. The Kier molecular flexibility index (Phi) is 3.58. The Morgan fingerprint density at radius 2 is 1.02 bits per heavy atom. The van der Waals surface area contributed by atoms with Crippen molar-refractivity contribution in [3.8, 4) is 0 Å². The maximum absolute atomic E-state index is 7.99. The molecule has 42 heavy (non-hydrogen) atoms. The van der Waals surface area contributed by atoms with Gasteiger partial charge in [0, 0.05) is 41.2 Å². The average molecular weight is 544 g/mol. The van der Waals surface area contributed by atoms with Crippen molar-refractivity contribution in [2.45, 2.75) is 33.0 Å². The third-order valence-electron chi connectivity index (χ3n) is 9.55. The van der Waals surface area contributed by atoms with Crippen molar-refractivity contribution >= 4 is 70.9 Å². The van der Waals surface area contributed by atoms with Gasteiger partial charge in [0.2, 0.25) is 0 Å². The Morgan fingerprint density at radius 1 is 0.476 bits per heavy atom. The molecule has 8 aromatic carbocycles. The molecule has 0 saturated heterocycles. The van der Waals surface area contributed by atoms with Crippen LogP contribution in [0.1, 0.15) is 44.3 Å². The molecule has 8 aromatic rings. The summed E-state index contributed by atoms with van der Waals surface area (Å²) in [5, 5.41) is 12.1. The molecule has 1 nitrogen and oxygen atoms in total. The van der Waals surface area contributed by atoms with Crippen molar-refractivity contribution in [2.75, 3.05) is 4.90 Å². The average Bonchev–Trinajstić information content (AvgIpc) is 3.06. The van der Waals surface area contributed by atoms with E-state index in [2.05, 4.69) is 85.5 Å². The Morgan fingerprint density at radius 3 is 1.69 bits per heavy atom. The summed E-state index contributed by atoms with van der Waals surface area (Å²) < 4.78 is 47.9. The molecule has 1 aliphatic carbocycles. The number of fused-ring (bicyclic) bond motifs is 1. The topological polar surface area (TPSA) is 3.24 Å². The summed E-state index contributed by atoms with van der Waals surface area (Å²) in [5.41, 5.74) is 5.38. The molecular formula is C41H31N. The van der Waals surface area contributed by atoms with Crippen molar-refractivity contribution in [3.05, 3.63) is 138 Å². The number of hydrogen-bond acceptors (Lipinski definition) is 1. The van der Waals surface area contributed by atoms with Gasteiger partial charge in [-0.2, -0.15) is 0 Å². The molecule has 0 spiro atoms. The minimum atomic E-state index is -2.23. The van der Waals surface area contributed by atoms with Gasteiger partial charge in [-0.1, -0.05) is 116 Å². The lowest BCUT2D eigenvalue weighted by Crippen LogP contribution is -2.23. The van der Waals surface area contributed by atoms with Crippen molar-refractivity contribution in [3.63, 3.8) is 0 Å². The van der Waals surface area contributed by atoms with E-state index in [1.54, 1.807) is 24.3 Å². The molecule has 1 heteroatoms. The molecule has 0 radical (unpaired) electrons. The molecule has 0 N–H and O–H groups in total. The zero-order valence-electron chi connectivity index (χ0n) is 29.4. The first-order valence-corrected chi connectivity index (χ1v) is 14.5. The number of nitrogens with zero attached hydrogens (tertiary/aromatic N) is 1. The zero-order chi connectivity index (χ0) is 33.3. The SMILES string of the molecule is [2H]C([2H])([2H])c1ccc(N(c2ccc(C([2H])([2H])[2H])cc2)c2c3cccc4c3c3c5c(ccc6cccc(c7cccc2c73)c65)C4(C)C)cc1. The first kappa shape index (κ1) is 18.5. The van der Waals surface area contributed by atoms with E-state index in [4.69, 9.17) is 8.22 Å². The van der Waals surface area contributed by atoms with Crippen LogP contribution in [0.5, 0.6) is 0 Å². The predicted octanol–water partition coefficient (Wildman–Crippen LogP) is 11.6. The van der Waals surface area contributed by atoms with E-state index in [0.29, 0.717) is 0 Å². The second-order valence-electron chi connectivity index (χ2n) is 12.1. The second-order valence-corrected chi connectivity index (χ2v) is 12.1. The fourth-order valence-corrected chi connectivity index (χ4v) is 7.70. The summed E-state index contributed by atoms with van der Waals surface area (Å²) in [4.78, 5) is 2.16. The van der Waals surface area contributed by atoms with E-state index in [1.807, 2.05) is 24.3 Å². The summed E-state index contributed by atoms with van der Waals surface area (Å²) in [7, 11) is 0. The van der Waals surface area contributed by atoms with Crippen molar-refractivity contribution in [1.29, 1.82) is 0 Å². The number of benzene rings is 8. The van der Waals surface area contributed by atoms with Crippen LogP contribution in [0.15, 0.2) is 115 Å². The van der Waals surface area contributed by atoms with Crippen LogP contribution in [0, 0.1) is 13.7 Å². The van der Waals surface area contributed by atoms with Crippen LogP contribution < -0.4 is 4.90 Å². The van der Waals surface area contributed by atoms with Crippen LogP contribution in [0.2, 0.25) is 0 Å². The summed E-state index contributed by atoms with van der Waals surface area (Å²) in [6, 6.07) is 38.4. The Labute approximate surface area is 254 Å². The van der Waals surface area contributed by atoms with E-state index >= 15 is 0 Å². The van der Waals surface area contributed by atoms with Crippen molar-refractivity contribution < 1.29 is 8.22 Å². The highest BCUT2D eigenvalue weighted by Crippen LogP contribution is 2.56. The highest BCUT2D eigenvalue weighted by atomic mass is 15.1. The highest BCUT2D eigenvalue weighted by molar-refractivity contribution is 6.42. The van der Waals surface area contributed by atoms with Gasteiger partial charge in [0.15, 0.2) is 0 Å². The van der Waals surface area contributed by atoms with Gasteiger partial charge in [0.05, 0.1) is 5.69 Å². The Hall–Kier alpha value is -4.88. The molecular weight excluding hydrogens is 506 g/mol. The Bertz CT molecular complexity index is 2540. The van der Waals surface area contributed by atoms with Crippen molar-refractivity contribution in [2.24, 2.45) is 0 Å². The van der Waals surface area contributed by atoms with Crippen LogP contribution in [-0.2, 0) is 5.41 Å². The number of aryl methyl sites for hydroxylation is 2. The third kappa shape index (κ3) is 2.93. The first-order valence-electron chi connectivity index (χ1n) is 17.5. The van der Waals surface area contributed by atoms with Gasteiger partial charge in [0.25, 0.3) is 0 Å². The van der Waals surface area contributed by atoms with E-state index in [1.165, 1.54) is 54.2 Å².